The maximum Gasteiger partial charge on any atom is 0.243 e. The van der Waals surface area contributed by atoms with E-state index in [1.54, 1.807) is 20.4 Å². The molecule has 0 radical (unpaired) electrons. The first-order valence-electron chi connectivity index (χ1n) is 8.53. The van der Waals surface area contributed by atoms with Crippen LogP contribution < -0.4 is 10.6 Å². The Morgan fingerprint density at radius 1 is 1.24 bits per heavy atom. The number of carbonyl (C=O) groups is 1. The van der Waals surface area contributed by atoms with Crippen molar-refractivity contribution in [3.8, 4) is 0 Å². The average molecular weight is 465 g/mol. The molecule has 1 aromatic rings. The van der Waals surface area contributed by atoms with Gasteiger partial charge in [-0.25, -0.2) is 4.99 Å². The Hall–Kier alpha value is -1.29. The van der Waals surface area contributed by atoms with Gasteiger partial charge in [-0.1, -0.05) is 13.8 Å². The molecular weight excluding hydrogens is 433 g/mol. The van der Waals surface area contributed by atoms with Crippen LogP contribution >= 0.6 is 24.0 Å². The first-order valence-corrected chi connectivity index (χ1v) is 8.53. The second-order valence-corrected chi connectivity index (χ2v) is 5.62. The zero-order valence-corrected chi connectivity index (χ0v) is 18.2. The van der Waals surface area contributed by atoms with E-state index < -0.39 is 0 Å². The molecule has 0 fully saturated rings. The van der Waals surface area contributed by atoms with Crippen molar-refractivity contribution < 1.29 is 9.21 Å². The lowest BCUT2D eigenvalue weighted by Gasteiger charge is -2.28. The number of hydrogen-bond donors (Lipinski definition) is 2. The number of amides is 1. The highest BCUT2D eigenvalue weighted by Gasteiger charge is 2.20. The van der Waals surface area contributed by atoms with Gasteiger partial charge in [0.2, 0.25) is 5.91 Å². The van der Waals surface area contributed by atoms with Crippen molar-refractivity contribution in [1.82, 2.24) is 20.4 Å². The zero-order chi connectivity index (χ0) is 17.9. The summed E-state index contributed by atoms with van der Waals surface area (Å²) >= 11 is 0. The molecule has 0 aromatic carbocycles. The molecule has 144 valence electrons. The minimum atomic E-state index is -0.0291. The highest BCUT2D eigenvalue weighted by Crippen LogP contribution is 2.20. The molecule has 1 amide bonds. The Morgan fingerprint density at radius 3 is 2.40 bits per heavy atom. The van der Waals surface area contributed by atoms with Crippen LogP contribution in [0, 0.1) is 0 Å². The number of carbonyl (C=O) groups excluding carboxylic acids is 1. The fourth-order valence-electron chi connectivity index (χ4n) is 2.38. The third-order valence-corrected chi connectivity index (χ3v) is 3.80. The highest BCUT2D eigenvalue weighted by atomic mass is 127. The van der Waals surface area contributed by atoms with E-state index in [-0.39, 0.29) is 42.5 Å². The van der Waals surface area contributed by atoms with Gasteiger partial charge in [-0.15, -0.1) is 24.0 Å². The number of nitrogens with one attached hydrogen (secondary N) is 2. The SMILES string of the molecule is CCNC(=NCC(=O)N(C)C)NCC(c1ccco1)N(CC)CC.I. The minimum Gasteiger partial charge on any atom is -0.468 e. The van der Waals surface area contributed by atoms with Crippen LogP contribution in [0.4, 0.5) is 0 Å². The van der Waals surface area contributed by atoms with Gasteiger partial charge in [0.25, 0.3) is 0 Å². The van der Waals surface area contributed by atoms with Gasteiger partial charge >= 0.3 is 0 Å². The van der Waals surface area contributed by atoms with Gasteiger partial charge in [0, 0.05) is 27.2 Å². The van der Waals surface area contributed by atoms with Gasteiger partial charge in [-0.2, -0.15) is 0 Å². The highest BCUT2D eigenvalue weighted by molar-refractivity contribution is 14.0. The van der Waals surface area contributed by atoms with Crippen LogP contribution in [0.3, 0.4) is 0 Å². The van der Waals surface area contributed by atoms with Crippen molar-refractivity contribution in [2.24, 2.45) is 4.99 Å². The molecule has 0 saturated heterocycles. The summed E-state index contributed by atoms with van der Waals surface area (Å²) in [6, 6.07) is 4.01. The minimum absolute atomic E-state index is 0. The van der Waals surface area contributed by atoms with E-state index >= 15 is 0 Å². The van der Waals surface area contributed by atoms with Crippen molar-refractivity contribution in [3.63, 3.8) is 0 Å². The van der Waals surface area contributed by atoms with Crippen molar-refractivity contribution in [3.05, 3.63) is 24.2 Å². The second-order valence-electron chi connectivity index (χ2n) is 5.62. The van der Waals surface area contributed by atoms with Crippen LogP contribution in [0.5, 0.6) is 0 Å². The molecule has 0 spiro atoms. The van der Waals surface area contributed by atoms with Crippen LogP contribution in [0.25, 0.3) is 0 Å². The van der Waals surface area contributed by atoms with Crippen LogP contribution in [0.15, 0.2) is 27.8 Å². The Morgan fingerprint density at radius 2 is 1.92 bits per heavy atom. The number of guanidine groups is 1. The quantitative estimate of drug-likeness (QED) is 0.331. The number of likely N-dealkylation sites (N-methyl/N-ethyl adjacent to an activating group) is 2. The van der Waals surface area contributed by atoms with E-state index in [2.05, 4.69) is 34.4 Å². The molecular formula is C17H32IN5O2. The number of hydrogen-bond acceptors (Lipinski definition) is 4. The molecule has 8 heteroatoms. The summed E-state index contributed by atoms with van der Waals surface area (Å²) in [7, 11) is 3.46. The molecule has 25 heavy (non-hydrogen) atoms. The van der Waals surface area contributed by atoms with Crippen LogP contribution in [0.1, 0.15) is 32.6 Å². The molecule has 1 atom stereocenters. The van der Waals surface area contributed by atoms with Gasteiger partial charge < -0.3 is 20.0 Å². The summed E-state index contributed by atoms with van der Waals surface area (Å²) in [6.45, 7) is 9.63. The maximum atomic E-state index is 11.7. The summed E-state index contributed by atoms with van der Waals surface area (Å²) in [5.41, 5.74) is 0. The number of aliphatic imine (C=N–C) groups is 1. The Labute approximate surface area is 168 Å². The number of nitrogens with zero attached hydrogens (tertiary/aromatic N) is 3. The third kappa shape index (κ3) is 8.08. The monoisotopic (exact) mass is 465 g/mol. The molecule has 1 unspecified atom stereocenters. The van der Waals surface area contributed by atoms with E-state index in [0.717, 1.165) is 25.4 Å². The molecule has 2 N–H and O–H groups in total. The molecule has 0 aliphatic rings. The number of furan rings is 1. The average Bonchev–Trinajstić information content (AvgIpc) is 3.09. The number of rotatable bonds is 9. The van der Waals surface area contributed by atoms with Crippen LogP contribution in [-0.4, -0.2) is 68.5 Å². The lowest BCUT2D eigenvalue weighted by molar-refractivity contribution is -0.127. The zero-order valence-electron chi connectivity index (χ0n) is 15.9. The van der Waals surface area contributed by atoms with E-state index in [1.807, 2.05) is 19.1 Å². The maximum absolute atomic E-state index is 11.7. The first kappa shape index (κ1) is 23.7. The standard InChI is InChI=1S/C17H31N5O2.HI/c1-6-18-17(20-13-16(23)21(4)5)19-12-14(22(7-2)8-3)15-10-9-11-24-15;/h9-11,14H,6-8,12-13H2,1-5H3,(H2,18,19,20);1H. The van der Waals surface area contributed by atoms with Crippen LogP contribution in [0.2, 0.25) is 0 Å². The summed E-state index contributed by atoms with van der Waals surface area (Å²) < 4.78 is 5.60. The summed E-state index contributed by atoms with van der Waals surface area (Å²) in [5, 5.41) is 6.49. The van der Waals surface area contributed by atoms with Crippen molar-refractivity contribution in [2.75, 3.05) is 46.8 Å². The van der Waals surface area contributed by atoms with Crippen LogP contribution in [-0.2, 0) is 4.79 Å². The van der Waals surface area contributed by atoms with E-state index in [1.165, 1.54) is 4.90 Å². The van der Waals surface area contributed by atoms with Gasteiger partial charge in [0.05, 0.1) is 12.3 Å². The first-order chi connectivity index (χ1) is 11.5. The largest absolute Gasteiger partial charge is 0.468 e. The van der Waals surface area contributed by atoms with E-state index in [9.17, 15) is 4.79 Å². The van der Waals surface area contributed by atoms with Gasteiger partial charge in [0.15, 0.2) is 5.96 Å². The third-order valence-electron chi connectivity index (χ3n) is 3.80. The van der Waals surface area contributed by atoms with Crippen molar-refractivity contribution in [2.45, 2.75) is 26.8 Å². The lowest BCUT2D eigenvalue weighted by atomic mass is 10.2. The molecule has 0 bridgehead atoms. The van der Waals surface area contributed by atoms with Crippen molar-refractivity contribution in [1.29, 1.82) is 0 Å². The fraction of sp³-hybridized carbons (Fsp3) is 0.647. The lowest BCUT2D eigenvalue weighted by Crippen LogP contribution is -2.43. The molecule has 1 rings (SSSR count). The smallest absolute Gasteiger partial charge is 0.243 e. The molecule has 0 aliphatic heterocycles. The topological polar surface area (TPSA) is 73.1 Å². The van der Waals surface area contributed by atoms with E-state index in [4.69, 9.17) is 4.42 Å². The Kier molecular flexibility index (Phi) is 12.3. The second kappa shape index (κ2) is 13.0. The molecule has 1 heterocycles. The van der Waals surface area contributed by atoms with Gasteiger partial charge in [-0.3, -0.25) is 9.69 Å². The summed E-state index contributed by atoms with van der Waals surface area (Å²) in [4.78, 5) is 19.9. The molecule has 7 nitrogen and oxygen atoms in total. The summed E-state index contributed by atoms with van der Waals surface area (Å²) in [5.74, 6) is 1.53. The molecule has 1 aromatic heterocycles. The Balaban J connectivity index is 0.00000576. The fourth-order valence-corrected chi connectivity index (χ4v) is 2.38. The molecule has 0 saturated carbocycles. The Bertz CT molecular complexity index is 501. The number of halogens is 1. The summed E-state index contributed by atoms with van der Waals surface area (Å²) in [6.07, 6.45) is 1.70. The van der Waals surface area contributed by atoms with Crippen molar-refractivity contribution >= 4 is 35.8 Å². The normalized spacial score (nSPS) is 12.5. The van der Waals surface area contributed by atoms with Gasteiger partial charge in [-0.05, 0) is 32.1 Å². The predicted molar refractivity (Wildman–Crippen MR) is 112 cm³/mol. The van der Waals surface area contributed by atoms with E-state index in [0.29, 0.717) is 12.5 Å². The van der Waals surface area contributed by atoms with Gasteiger partial charge in [0.1, 0.15) is 12.3 Å². The predicted octanol–water partition coefficient (Wildman–Crippen LogP) is 1.92. The molecule has 0 aliphatic carbocycles.